The molecule has 35 heavy (non-hydrogen) atoms. The summed E-state index contributed by atoms with van der Waals surface area (Å²) in [6, 6.07) is 13.3. The van der Waals surface area contributed by atoms with Gasteiger partial charge in [0.15, 0.2) is 5.43 Å². The number of aromatic amines is 1. The molecule has 0 spiro atoms. The molecule has 170 valence electrons. The van der Waals surface area contributed by atoms with Gasteiger partial charge in [0.05, 0.1) is 36.5 Å². The maximum Gasteiger partial charge on any atom is 0.226 e. The third-order valence-electron chi connectivity index (χ3n) is 7.02. The van der Waals surface area contributed by atoms with Crippen LogP contribution >= 0.6 is 0 Å². The van der Waals surface area contributed by atoms with Crippen LogP contribution in [0.1, 0.15) is 30.1 Å². The monoisotopic (exact) mass is 459 g/mol. The molecular weight excluding hydrogens is 438 g/mol. The second kappa shape index (κ2) is 7.77. The Morgan fingerprint density at radius 2 is 1.86 bits per heavy atom. The van der Waals surface area contributed by atoms with Crippen LogP contribution in [0.15, 0.2) is 101 Å². The number of para-hydroxylation sites is 1. The molecule has 0 saturated carbocycles. The number of hydrogen-bond acceptors (Lipinski definition) is 6. The third-order valence-corrected chi connectivity index (χ3v) is 7.02. The van der Waals surface area contributed by atoms with Crippen LogP contribution in [0.4, 0.5) is 5.95 Å². The summed E-state index contributed by atoms with van der Waals surface area (Å²) in [5, 5.41) is 0.703. The van der Waals surface area contributed by atoms with Gasteiger partial charge >= 0.3 is 0 Å². The standard InChI is InChI=1S/C28H21N5O2/c34-27-21-5-1-2-7-24(21)32-25-22(27)15-33(26(25)20-9-8-17-16-35-12-10-19(17)20)28-30-13-18(14-31-28)23-6-3-4-11-29-23/h1-7,10-14,16,26H,8-9,15H2,(H,32,34)/t26-/m1/s1. The minimum absolute atomic E-state index is 0.0637. The number of aromatic nitrogens is 4. The summed E-state index contributed by atoms with van der Waals surface area (Å²) in [4.78, 5) is 33.1. The minimum atomic E-state index is -0.161. The van der Waals surface area contributed by atoms with Crippen molar-refractivity contribution in [2.45, 2.75) is 25.4 Å². The number of nitrogens with one attached hydrogen (secondary N) is 1. The topological polar surface area (TPSA) is 84.0 Å². The van der Waals surface area contributed by atoms with E-state index in [-0.39, 0.29) is 11.5 Å². The van der Waals surface area contributed by atoms with Crippen molar-refractivity contribution in [1.29, 1.82) is 0 Å². The molecule has 7 nitrogen and oxygen atoms in total. The number of benzene rings is 1. The van der Waals surface area contributed by atoms with Crippen molar-refractivity contribution in [2.24, 2.45) is 0 Å². The molecule has 1 aromatic carbocycles. The zero-order valence-electron chi connectivity index (χ0n) is 18.8. The first-order valence-corrected chi connectivity index (χ1v) is 11.7. The molecule has 1 aliphatic carbocycles. The van der Waals surface area contributed by atoms with Crippen molar-refractivity contribution in [3.63, 3.8) is 0 Å². The van der Waals surface area contributed by atoms with Crippen molar-refractivity contribution in [3.8, 4) is 11.3 Å². The maximum absolute atomic E-state index is 13.5. The van der Waals surface area contributed by atoms with Gasteiger partial charge in [-0.2, -0.15) is 0 Å². The van der Waals surface area contributed by atoms with Crippen LogP contribution in [-0.2, 0) is 11.3 Å². The Kier molecular flexibility index (Phi) is 4.42. The number of pyridine rings is 2. The van der Waals surface area contributed by atoms with E-state index >= 15 is 0 Å². The lowest BCUT2D eigenvalue weighted by Crippen LogP contribution is -2.25. The number of H-pyrrole nitrogens is 1. The molecule has 1 atom stereocenters. The Hall–Kier alpha value is -4.52. The predicted molar refractivity (Wildman–Crippen MR) is 133 cm³/mol. The van der Waals surface area contributed by atoms with Gasteiger partial charge in [0, 0.05) is 40.6 Å². The second-order valence-electron chi connectivity index (χ2n) is 8.93. The van der Waals surface area contributed by atoms with Crippen molar-refractivity contribution in [3.05, 3.63) is 118 Å². The van der Waals surface area contributed by atoms with Crippen molar-refractivity contribution in [2.75, 3.05) is 4.90 Å². The van der Waals surface area contributed by atoms with Gasteiger partial charge < -0.3 is 14.6 Å². The molecule has 3 aliphatic rings. The fourth-order valence-corrected chi connectivity index (χ4v) is 5.38. The van der Waals surface area contributed by atoms with Crippen molar-refractivity contribution >= 4 is 16.9 Å². The number of hydrogen-bond donors (Lipinski definition) is 1. The Bertz CT molecular complexity index is 1620. The molecule has 0 bridgehead atoms. The smallest absolute Gasteiger partial charge is 0.226 e. The van der Waals surface area contributed by atoms with E-state index in [0.29, 0.717) is 17.9 Å². The number of allylic oxidation sites excluding steroid dienone is 3. The van der Waals surface area contributed by atoms with Crippen LogP contribution in [0.2, 0.25) is 0 Å². The van der Waals surface area contributed by atoms with E-state index in [1.165, 1.54) is 16.7 Å². The summed E-state index contributed by atoms with van der Waals surface area (Å²) in [5.41, 5.74) is 7.89. The highest BCUT2D eigenvalue weighted by molar-refractivity contribution is 5.80. The largest absolute Gasteiger partial charge is 0.472 e. The first-order valence-electron chi connectivity index (χ1n) is 11.7. The first kappa shape index (κ1) is 19.9. The molecular formula is C28H21N5O2. The molecule has 7 rings (SSSR count). The number of ether oxygens (including phenoxy) is 1. The van der Waals surface area contributed by atoms with Gasteiger partial charge in [-0.3, -0.25) is 9.78 Å². The van der Waals surface area contributed by atoms with Crippen LogP contribution in [0.25, 0.3) is 22.2 Å². The van der Waals surface area contributed by atoms with Crippen LogP contribution in [-0.4, -0.2) is 19.9 Å². The minimum Gasteiger partial charge on any atom is -0.472 e. The molecule has 0 fully saturated rings. The van der Waals surface area contributed by atoms with E-state index in [1.54, 1.807) is 24.9 Å². The average molecular weight is 460 g/mol. The Balaban J connectivity index is 1.39. The molecule has 0 amide bonds. The average Bonchev–Trinajstić information content (AvgIpc) is 3.51. The molecule has 5 heterocycles. The Morgan fingerprint density at radius 3 is 2.71 bits per heavy atom. The lowest BCUT2D eigenvalue weighted by atomic mass is 9.97. The van der Waals surface area contributed by atoms with E-state index < -0.39 is 0 Å². The van der Waals surface area contributed by atoms with Crippen molar-refractivity contribution < 1.29 is 4.74 Å². The van der Waals surface area contributed by atoms with E-state index in [1.807, 2.05) is 54.8 Å². The Morgan fingerprint density at radius 1 is 1.00 bits per heavy atom. The molecule has 4 aromatic rings. The fraction of sp³-hybridized carbons (Fsp3) is 0.143. The van der Waals surface area contributed by atoms with Crippen LogP contribution in [0.3, 0.4) is 0 Å². The van der Waals surface area contributed by atoms with Gasteiger partial charge in [0.1, 0.15) is 0 Å². The molecule has 7 heteroatoms. The zero-order chi connectivity index (χ0) is 23.4. The summed E-state index contributed by atoms with van der Waals surface area (Å²) in [6.07, 6.45) is 12.7. The number of fused-ring (bicyclic) bond motifs is 3. The normalized spacial score (nSPS) is 18.5. The molecule has 1 N–H and O–H groups in total. The van der Waals surface area contributed by atoms with E-state index in [2.05, 4.69) is 14.9 Å². The number of rotatable bonds is 3. The van der Waals surface area contributed by atoms with Gasteiger partial charge in [-0.15, -0.1) is 0 Å². The lowest BCUT2D eigenvalue weighted by molar-refractivity contribution is 0.393. The maximum atomic E-state index is 13.5. The molecule has 2 aliphatic heterocycles. The second-order valence-corrected chi connectivity index (χ2v) is 8.93. The zero-order valence-corrected chi connectivity index (χ0v) is 18.8. The quantitative estimate of drug-likeness (QED) is 0.466. The summed E-state index contributed by atoms with van der Waals surface area (Å²) in [5.74, 6) is 0.587. The molecule has 3 aromatic heterocycles. The summed E-state index contributed by atoms with van der Waals surface area (Å²) in [6.45, 7) is 0.444. The Labute approximate surface area is 201 Å². The molecule has 0 saturated heterocycles. The summed E-state index contributed by atoms with van der Waals surface area (Å²) >= 11 is 0. The predicted octanol–water partition coefficient (Wildman–Crippen LogP) is 4.96. The third kappa shape index (κ3) is 3.12. The van der Waals surface area contributed by atoms with Gasteiger partial charge in [0.25, 0.3) is 0 Å². The summed E-state index contributed by atoms with van der Waals surface area (Å²) in [7, 11) is 0. The van der Waals surface area contributed by atoms with Crippen molar-refractivity contribution in [1.82, 2.24) is 19.9 Å². The van der Waals surface area contributed by atoms with Crippen LogP contribution in [0.5, 0.6) is 0 Å². The number of anilines is 1. The highest BCUT2D eigenvalue weighted by atomic mass is 16.5. The van der Waals surface area contributed by atoms with Crippen LogP contribution in [0, 0.1) is 0 Å². The highest BCUT2D eigenvalue weighted by Crippen LogP contribution is 2.47. The lowest BCUT2D eigenvalue weighted by Gasteiger charge is -2.27. The summed E-state index contributed by atoms with van der Waals surface area (Å²) < 4.78 is 5.43. The highest BCUT2D eigenvalue weighted by Gasteiger charge is 2.40. The van der Waals surface area contributed by atoms with Crippen LogP contribution < -0.4 is 10.3 Å². The van der Waals surface area contributed by atoms with E-state index in [0.717, 1.165) is 40.9 Å². The molecule has 0 unspecified atom stereocenters. The first-order chi connectivity index (χ1) is 17.3. The van der Waals surface area contributed by atoms with Gasteiger partial charge in [-0.05, 0) is 59.9 Å². The van der Waals surface area contributed by atoms with E-state index in [9.17, 15) is 4.79 Å². The van der Waals surface area contributed by atoms with Gasteiger partial charge in [-0.25, -0.2) is 9.97 Å². The molecule has 0 radical (unpaired) electrons. The fourth-order valence-electron chi connectivity index (χ4n) is 5.38. The van der Waals surface area contributed by atoms with Gasteiger partial charge in [-0.1, -0.05) is 18.2 Å². The van der Waals surface area contributed by atoms with E-state index in [4.69, 9.17) is 14.7 Å². The van der Waals surface area contributed by atoms with Gasteiger partial charge in [0.2, 0.25) is 5.95 Å². The number of nitrogens with zero attached hydrogens (tertiary/aromatic N) is 4. The SMILES string of the molecule is O=c1c2c([nH]c3ccccc13)[C@@H](C1=C3C=COC=C3CC1)N(c1ncc(-c3ccccn3)cn1)C2.